The predicted molar refractivity (Wildman–Crippen MR) is 72.1 cm³/mol. The minimum atomic E-state index is -0.760. The zero-order valence-electron chi connectivity index (χ0n) is 11.1. The van der Waals surface area contributed by atoms with Crippen LogP contribution < -0.4 is 0 Å². The fourth-order valence-electron chi connectivity index (χ4n) is 1.79. The molecule has 7 heteroatoms. The fourth-order valence-corrected chi connectivity index (χ4v) is 1.79. The van der Waals surface area contributed by atoms with Crippen molar-refractivity contribution in [2.75, 3.05) is 6.61 Å². The summed E-state index contributed by atoms with van der Waals surface area (Å²) in [5.41, 5.74) is -0.120. The Morgan fingerprint density at radius 2 is 2.14 bits per heavy atom. The van der Waals surface area contributed by atoms with Gasteiger partial charge >= 0.3 is 5.97 Å². The zero-order valence-corrected chi connectivity index (χ0v) is 11.1. The van der Waals surface area contributed by atoms with Crippen molar-refractivity contribution in [3.05, 3.63) is 51.8 Å². The third-order valence-corrected chi connectivity index (χ3v) is 2.72. The summed E-state index contributed by atoms with van der Waals surface area (Å²) in [5, 5.41) is 11.1. The smallest absolute Gasteiger partial charge is 0.345 e. The molecule has 0 radical (unpaired) electrons. The summed E-state index contributed by atoms with van der Waals surface area (Å²) in [6, 6.07) is 6.97. The van der Waals surface area contributed by atoms with E-state index in [1.54, 1.807) is 6.92 Å². The molecule has 7 nitrogen and oxygen atoms in total. The summed E-state index contributed by atoms with van der Waals surface area (Å²) in [5.74, 6) is -0.346. The summed E-state index contributed by atoms with van der Waals surface area (Å²) in [6.45, 7) is 1.74. The lowest BCUT2D eigenvalue weighted by molar-refractivity contribution is -0.385. The minimum absolute atomic E-state index is 0.113. The van der Waals surface area contributed by atoms with E-state index in [0.717, 1.165) is 0 Å². The highest BCUT2D eigenvalue weighted by molar-refractivity contribution is 5.94. The molecule has 0 aliphatic carbocycles. The van der Waals surface area contributed by atoms with Crippen LogP contribution >= 0.6 is 0 Å². The van der Waals surface area contributed by atoms with E-state index in [-0.39, 0.29) is 23.6 Å². The highest BCUT2D eigenvalue weighted by Crippen LogP contribution is 2.28. The molecule has 2 rings (SSSR count). The third-order valence-electron chi connectivity index (χ3n) is 2.72. The Morgan fingerprint density at radius 1 is 1.38 bits per heavy atom. The molecule has 0 saturated carbocycles. The molecule has 108 valence electrons. The number of ether oxygens (including phenoxy) is 1. The second-order valence-corrected chi connectivity index (χ2v) is 4.03. The first kappa shape index (κ1) is 14.4. The topological polar surface area (TPSA) is 99.7 Å². The number of furan rings is 1. The van der Waals surface area contributed by atoms with Crippen molar-refractivity contribution >= 4 is 17.9 Å². The van der Waals surface area contributed by atoms with E-state index in [0.29, 0.717) is 17.6 Å². The predicted octanol–water partition coefficient (Wildman–Crippen LogP) is 2.84. The van der Waals surface area contributed by atoms with E-state index in [9.17, 15) is 19.7 Å². The van der Waals surface area contributed by atoms with Gasteiger partial charge < -0.3 is 9.15 Å². The summed E-state index contributed by atoms with van der Waals surface area (Å²) in [6.07, 6.45) is 0.533. The second kappa shape index (κ2) is 6.00. The number of aldehydes is 1. The van der Waals surface area contributed by atoms with Crippen LogP contribution in [0.5, 0.6) is 0 Å². The number of hydrogen-bond donors (Lipinski definition) is 0. The van der Waals surface area contributed by atoms with Gasteiger partial charge in [-0.25, -0.2) is 4.79 Å². The molecule has 0 fully saturated rings. The van der Waals surface area contributed by atoms with Gasteiger partial charge in [-0.1, -0.05) is 0 Å². The lowest BCUT2D eigenvalue weighted by atomic mass is 10.1. The molecule has 21 heavy (non-hydrogen) atoms. The zero-order chi connectivity index (χ0) is 15.4. The molecular formula is C14H11NO6. The van der Waals surface area contributed by atoms with Crippen molar-refractivity contribution < 1.29 is 23.7 Å². The van der Waals surface area contributed by atoms with E-state index < -0.39 is 10.9 Å². The van der Waals surface area contributed by atoms with Crippen LogP contribution in [0.3, 0.4) is 0 Å². The molecule has 0 aliphatic heterocycles. The summed E-state index contributed by atoms with van der Waals surface area (Å²) in [7, 11) is 0. The number of nitrogens with zero attached hydrogens (tertiary/aromatic N) is 1. The van der Waals surface area contributed by atoms with Crippen molar-refractivity contribution in [3.8, 4) is 11.3 Å². The van der Waals surface area contributed by atoms with Gasteiger partial charge in [-0.15, -0.1) is 0 Å². The molecule has 2 aromatic rings. The molecule has 0 spiro atoms. The Labute approximate surface area is 119 Å². The van der Waals surface area contributed by atoms with Crippen LogP contribution in [0.1, 0.15) is 27.8 Å². The summed E-state index contributed by atoms with van der Waals surface area (Å²) in [4.78, 5) is 32.7. The quantitative estimate of drug-likeness (QED) is 0.363. The first-order chi connectivity index (χ1) is 10.1. The van der Waals surface area contributed by atoms with Crippen LogP contribution in [0.4, 0.5) is 5.69 Å². The maximum atomic E-state index is 11.7. The second-order valence-electron chi connectivity index (χ2n) is 4.03. The molecule has 0 bridgehead atoms. The van der Waals surface area contributed by atoms with Crippen molar-refractivity contribution in [1.29, 1.82) is 0 Å². The van der Waals surface area contributed by atoms with Gasteiger partial charge in [0.25, 0.3) is 5.69 Å². The molecule has 0 aliphatic rings. The highest BCUT2D eigenvalue weighted by atomic mass is 16.6. The Bertz CT molecular complexity index is 703. The monoisotopic (exact) mass is 289 g/mol. The summed E-state index contributed by atoms with van der Waals surface area (Å²) < 4.78 is 9.97. The number of hydrogen-bond acceptors (Lipinski definition) is 6. The Morgan fingerprint density at radius 3 is 2.71 bits per heavy atom. The normalized spacial score (nSPS) is 10.1. The molecule has 0 unspecified atom stereocenters. The standard InChI is InChI=1S/C14H11NO6/c1-2-20-14(17)11-5-3-9(7-12(11)15(18)19)13-6-4-10(8-16)21-13/h3-8H,2H2,1H3. The van der Waals surface area contributed by atoms with Gasteiger partial charge in [0.1, 0.15) is 11.3 Å². The van der Waals surface area contributed by atoms with Crippen molar-refractivity contribution in [2.24, 2.45) is 0 Å². The van der Waals surface area contributed by atoms with E-state index in [4.69, 9.17) is 9.15 Å². The molecule has 0 amide bonds. The number of nitro benzene ring substituents is 1. The Kier molecular flexibility index (Phi) is 4.13. The van der Waals surface area contributed by atoms with E-state index in [1.807, 2.05) is 0 Å². The lowest BCUT2D eigenvalue weighted by Gasteiger charge is -2.04. The van der Waals surface area contributed by atoms with E-state index >= 15 is 0 Å². The van der Waals surface area contributed by atoms with Crippen LogP contribution in [0.15, 0.2) is 34.7 Å². The highest BCUT2D eigenvalue weighted by Gasteiger charge is 2.22. The number of esters is 1. The van der Waals surface area contributed by atoms with Gasteiger partial charge in [0.05, 0.1) is 11.5 Å². The first-order valence-electron chi connectivity index (χ1n) is 6.07. The van der Waals surface area contributed by atoms with Crippen LogP contribution in [0, 0.1) is 10.1 Å². The average molecular weight is 289 g/mol. The molecule has 1 heterocycles. The number of carbonyl (C=O) groups is 2. The van der Waals surface area contributed by atoms with Gasteiger partial charge in [0.2, 0.25) is 0 Å². The molecule has 1 aromatic heterocycles. The van der Waals surface area contributed by atoms with Gasteiger partial charge in [-0.05, 0) is 31.2 Å². The van der Waals surface area contributed by atoms with Crippen LogP contribution in [0.25, 0.3) is 11.3 Å². The van der Waals surface area contributed by atoms with Gasteiger partial charge in [0.15, 0.2) is 12.0 Å². The Hall–Kier alpha value is -2.96. The summed E-state index contributed by atoms with van der Waals surface area (Å²) >= 11 is 0. The van der Waals surface area contributed by atoms with Crippen LogP contribution in [-0.4, -0.2) is 23.8 Å². The largest absolute Gasteiger partial charge is 0.462 e. The first-order valence-corrected chi connectivity index (χ1v) is 6.07. The van der Waals surface area contributed by atoms with Gasteiger partial charge in [-0.3, -0.25) is 14.9 Å². The van der Waals surface area contributed by atoms with Gasteiger partial charge in [0, 0.05) is 11.6 Å². The SMILES string of the molecule is CCOC(=O)c1ccc(-c2ccc(C=O)o2)cc1[N+](=O)[O-]. The number of benzene rings is 1. The molecule has 0 N–H and O–H groups in total. The minimum Gasteiger partial charge on any atom is -0.462 e. The van der Waals surface area contributed by atoms with Crippen molar-refractivity contribution in [1.82, 2.24) is 0 Å². The van der Waals surface area contributed by atoms with E-state index in [1.165, 1.54) is 30.3 Å². The lowest BCUT2D eigenvalue weighted by Crippen LogP contribution is -2.08. The van der Waals surface area contributed by atoms with Crippen LogP contribution in [-0.2, 0) is 4.74 Å². The molecule has 1 aromatic carbocycles. The molecule has 0 atom stereocenters. The molecule has 0 saturated heterocycles. The number of rotatable bonds is 5. The number of carbonyl (C=O) groups excluding carboxylic acids is 2. The van der Waals surface area contributed by atoms with Crippen molar-refractivity contribution in [2.45, 2.75) is 6.92 Å². The van der Waals surface area contributed by atoms with Crippen molar-refractivity contribution in [3.63, 3.8) is 0 Å². The maximum absolute atomic E-state index is 11.7. The maximum Gasteiger partial charge on any atom is 0.345 e. The Balaban J connectivity index is 2.47. The third kappa shape index (κ3) is 2.97. The number of nitro groups is 1. The fraction of sp³-hybridized carbons (Fsp3) is 0.143. The molecular weight excluding hydrogens is 278 g/mol. The average Bonchev–Trinajstić information content (AvgIpc) is 2.95. The van der Waals surface area contributed by atoms with Gasteiger partial charge in [-0.2, -0.15) is 0 Å². The van der Waals surface area contributed by atoms with E-state index in [2.05, 4.69) is 0 Å². The van der Waals surface area contributed by atoms with Crippen LogP contribution in [0.2, 0.25) is 0 Å².